The lowest BCUT2D eigenvalue weighted by Crippen LogP contribution is -2.33. The summed E-state index contributed by atoms with van der Waals surface area (Å²) in [5.74, 6) is 2.05. The molecular weight excluding hydrogens is 458 g/mol. The quantitative estimate of drug-likeness (QED) is 0.316. The number of thioether (sulfide) groups is 1. The van der Waals surface area contributed by atoms with E-state index in [-0.39, 0.29) is 11.9 Å². The minimum absolute atomic E-state index is 0.105. The largest absolute Gasteiger partial charge is 0.467 e. The number of carbonyl (C=O) groups is 1. The summed E-state index contributed by atoms with van der Waals surface area (Å²) < 4.78 is 7.72. The van der Waals surface area contributed by atoms with Crippen molar-refractivity contribution in [2.45, 2.75) is 55.1 Å². The van der Waals surface area contributed by atoms with Crippen molar-refractivity contribution >= 4 is 35.0 Å². The van der Waals surface area contributed by atoms with Gasteiger partial charge in [-0.05, 0) is 49.6 Å². The average Bonchev–Trinajstić information content (AvgIpc) is 3.19. The molecule has 3 heterocycles. The van der Waals surface area contributed by atoms with Crippen molar-refractivity contribution in [3.8, 4) is 0 Å². The lowest BCUT2D eigenvalue weighted by Gasteiger charge is -2.22. The summed E-state index contributed by atoms with van der Waals surface area (Å²) in [4.78, 5) is 13.6. The van der Waals surface area contributed by atoms with Crippen LogP contribution in [0.1, 0.15) is 55.3 Å². The van der Waals surface area contributed by atoms with Crippen LogP contribution >= 0.6 is 23.4 Å². The third-order valence-corrected chi connectivity index (χ3v) is 7.13. The van der Waals surface area contributed by atoms with E-state index in [9.17, 15) is 4.79 Å². The molecule has 0 bridgehead atoms. The summed E-state index contributed by atoms with van der Waals surface area (Å²) in [6.07, 6.45) is 6.29. The van der Waals surface area contributed by atoms with E-state index in [2.05, 4.69) is 21.3 Å². The first-order valence-electron chi connectivity index (χ1n) is 11.0. The highest BCUT2D eigenvalue weighted by Crippen LogP contribution is 2.41. The number of aromatic nitrogens is 3. The van der Waals surface area contributed by atoms with Gasteiger partial charge in [0.15, 0.2) is 5.16 Å². The third-order valence-electron chi connectivity index (χ3n) is 5.81. The van der Waals surface area contributed by atoms with Gasteiger partial charge in [-0.1, -0.05) is 41.6 Å². The van der Waals surface area contributed by atoms with Crippen molar-refractivity contribution in [1.29, 1.82) is 0 Å². The Bertz CT molecular complexity index is 1180. The maximum atomic E-state index is 13.6. The van der Waals surface area contributed by atoms with Crippen molar-refractivity contribution < 1.29 is 9.21 Å². The smallest absolute Gasteiger partial charge is 0.256 e. The normalized spacial score (nSPS) is 18.9. The predicted octanol–water partition coefficient (Wildman–Crippen LogP) is 5.45. The fourth-order valence-corrected chi connectivity index (χ4v) is 4.99. The van der Waals surface area contributed by atoms with Gasteiger partial charge >= 0.3 is 0 Å². The van der Waals surface area contributed by atoms with E-state index in [4.69, 9.17) is 21.1 Å². The Morgan fingerprint density at radius 3 is 2.76 bits per heavy atom. The van der Waals surface area contributed by atoms with Gasteiger partial charge in [-0.3, -0.25) is 4.79 Å². The van der Waals surface area contributed by atoms with Crippen LogP contribution in [0, 0.1) is 0 Å². The van der Waals surface area contributed by atoms with Gasteiger partial charge in [0.2, 0.25) is 0 Å². The molecule has 2 atom stereocenters. The van der Waals surface area contributed by atoms with Crippen molar-refractivity contribution in [2.75, 3.05) is 0 Å². The Labute approximate surface area is 201 Å². The highest BCUT2D eigenvalue weighted by molar-refractivity contribution is 8.00. The Hall–Kier alpha value is -2.84. The van der Waals surface area contributed by atoms with Gasteiger partial charge in [0.25, 0.3) is 5.91 Å². The molecule has 1 aromatic carbocycles. The molecule has 9 heteroatoms. The molecule has 170 valence electrons. The fraction of sp³-hybridized carbons (Fsp3) is 0.333. The van der Waals surface area contributed by atoms with Crippen LogP contribution in [0.5, 0.6) is 0 Å². The number of carbonyl (C=O) groups excluding carboxylic acids is 1. The number of rotatable bonds is 8. The van der Waals surface area contributed by atoms with E-state index in [1.54, 1.807) is 11.3 Å². The van der Waals surface area contributed by atoms with Crippen LogP contribution in [0.2, 0.25) is 5.02 Å². The van der Waals surface area contributed by atoms with Crippen LogP contribution in [-0.4, -0.2) is 36.6 Å². The molecule has 0 saturated heterocycles. The number of amides is 1. The van der Waals surface area contributed by atoms with E-state index in [1.807, 2.05) is 49.4 Å². The van der Waals surface area contributed by atoms with Crippen molar-refractivity contribution in [2.24, 2.45) is 5.10 Å². The zero-order chi connectivity index (χ0) is 22.9. The van der Waals surface area contributed by atoms with Gasteiger partial charge in [0.1, 0.15) is 17.6 Å². The van der Waals surface area contributed by atoms with E-state index >= 15 is 0 Å². The standard InChI is InChI=1S/C24H24ClN5O2S/c1-3-12-29-22(17-6-7-17)26-27-24(29)33-15(2)23(31)30-20(21-5-4-13-32-21)14-19(28-30)16-8-10-18(25)11-9-16/h3-5,8-11,13,15,17,20H,1,6-7,12,14H2,2H3. The molecule has 7 nitrogen and oxygen atoms in total. The molecule has 1 fully saturated rings. The van der Waals surface area contributed by atoms with Gasteiger partial charge in [-0.25, -0.2) is 5.01 Å². The summed E-state index contributed by atoms with van der Waals surface area (Å²) in [5, 5.41) is 16.0. The van der Waals surface area contributed by atoms with Crippen LogP contribution in [0.25, 0.3) is 0 Å². The lowest BCUT2D eigenvalue weighted by molar-refractivity contribution is -0.132. The highest BCUT2D eigenvalue weighted by atomic mass is 35.5. The second kappa shape index (κ2) is 9.19. The number of allylic oxidation sites excluding steroid dienone is 1. The molecule has 5 rings (SSSR count). The van der Waals surface area contributed by atoms with Gasteiger partial charge in [0, 0.05) is 23.9 Å². The molecule has 1 amide bonds. The van der Waals surface area contributed by atoms with Gasteiger partial charge in [-0.15, -0.1) is 16.8 Å². The molecule has 0 N–H and O–H groups in total. The van der Waals surface area contributed by atoms with E-state index in [0.717, 1.165) is 35.1 Å². The topological polar surface area (TPSA) is 76.5 Å². The second-order valence-electron chi connectivity index (χ2n) is 8.25. The maximum absolute atomic E-state index is 13.6. The molecule has 1 aliphatic carbocycles. The SMILES string of the molecule is C=CCn1c(SC(C)C(=O)N2N=C(c3ccc(Cl)cc3)CC2c2ccco2)nnc1C1CC1. The Balaban J connectivity index is 1.40. The molecule has 0 radical (unpaired) electrons. The van der Waals surface area contributed by atoms with E-state index in [0.29, 0.717) is 29.7 Å². The van der Waals surface area contributed by atoms with Crippen molar-refractivity contribution in [3.05, 3.63) is 77.5 Å². The number of benzene rings is 1. The number of furan rings is 1. The molecule has 2 aromatic heterocycles. The summed E-state index contributed by atoms with van der Waals surface area (Å²) in [6, 6.07) is 10.9. The summed E-state index contributed by atoms with van der Waals surface area (Å²) in [5.41, 5.74) is 1.76. The van der Waals surface area contributed by atoms with Crippen LogP contribution in [0.3, 0.4) is 0 Å². The molecule has 3 aromatic rings. The Morgan fingerprint density at radius 2 is 2.09 bits per heavy atom. The predicted molar refractivity (Wildman–Crippen MR) is 128 cm³/mol. The maximum Gasteiger partial charge on any atom is 0.256 e. The van der Waals surface area contributed by atoms with Gasteiger partial charge in [0.05, 0.1) is 17.2 Å². The van der Waals surface area contributed by atoms with Crippen LogP contribution in [0.15, 0.2) is 70.0 Å². The zero-order valence-corrected chi connectivity index (χ0v) is 19.8. The number of hydrazone groups is 1. The van der Waals surface area contributed by atoms with Crippen molar-refractivity contribution in [1.82, 2.24) is 19.8 Å². The molecule has 1 aliphatic heterocycles. The first-order valence-corrected chi connectivity index (χ1v) is 12.2. The molecule has 33 heavy (non-hydrogen) atoms. The van der Waals surface area contributed by atoms with Crippen LogP contribution in [0.4, 0.5) is 0 Å². The molecular formula is C24H24ClN5O2S. The van der Waals surface area contributed by atoms with Gasteiger partial charge in [-0.2, -0.15) is 5.10 Å². The summed E-state index contributed by atoms with van der Waals surface area (Å²) >= 11 is 7.45. The van der Waals surface area contributed by atoms with Crippen LogP contribution in [-0.2, 0) is 11.3 Å². The minimum Gasteiger partial charge on any atom is -0.467 e. The van der Waals surface area contributed by atoms with Crippen LogP contribution < -0.4 is 0 Å². The third kappa shape index (κ3) is 4.50. The Morgan fingerprint density at radius 1 is 1.30 bits per heavy atom. The highest BCUT2D eigenvalue weighted by Gasteiger charge is 2.38. The minimum atomic E-state index is -0.407. The number of halogens is 1. The lowest BCUT2D eigenvalue weighted by atomic mass is 10.0. The number of hydrogen-bond donors (Lipinski definition) is 0. The zero-order valence-electron chi connectivity index (χ0n) is 18.2. The Kier molecular flexibility index (Phi) is 6.12. The monoisotopic (exact) mass is 481 g/mol. The second-order valence-corrected chi connectivity index (χ2v) is 9.99. The first-order chi connectivity index (χ1) is 16.0. The summed E-state index contributed by atoms with van der Waals surface area (Å²) in [7, 11) is 0. The number of nitrogens with zero attached hydrogens (tertiary/aromatic N) is 5. The van der Waals surface area contributed by atoms with Crippen molar-refractivity contribution in [3.63, 3.8) is 0 Å². The summed E-state index contributed by atoms with van der Waals surface area (Å²) in [6.45, 7) is 6.36. The fourth-order valence-electron chi connectivity index (χ4n) is 3.96. The average molecular weight is 482 g/mol. The molecule has 2 unspecified atom stereocenters. The first kappa shape index (κ1) is 22.0. The molecule has 0 spiro atoms. The van der Waals surface area contributed by atoms with E-state index < -0.39 is 5.25 Å². The van der Waals surface area contributed by atoms with E-state index in [1.165, 1.54) is 11.8 Å². The molecule has 2 aliphatic rings. The number of hydrogen-bond acceptors (Lipinski definition) is 6. The van der Waals surface area contributed by atoms with Gasteiger partial charge < -0.3 is 8.98 Å². The molecule has 1 saturated carbocycles.